The zero-order valence-electron chi connectivity index (χ0n) is 22.2. The van der Waals surface area contributed by atoms with Crippen molar-refractivity contribution in [3.63, 3.8) is 0 Å². The second-order valence-electron chi connectivity index (χ2n) is 9.62. The van der Waals surface area contributed by atoms with Gasteiger partial charge in [0.2, 0.25) is 11.9 Å². The number of benzene rings is 4. The van der Waals surface area contributed by atoms with Gasteiger partial charge in [0, 0.05) is 22.7 Å². The Morgan fingerprint density at radius 3 is 2.59 bits per heavy atom. The lowest BCUT2D eigenvalue weighted by Gasteiger charge is -2.25. The van der Waals surface area contributed by atoms with Gasteiger partial charge in [-0.3, -0.25) is 9.69 Å². The van der Waals surface area contributed by atoms with Crippen molar-refractivity contribution in [2.75, 3.05) is 17.3 Å². The average molecular weight is 540 g/mol. The summed E-state index contributed by atoms with van der Waals surface area (Å²) in [5.41, 5.74) is 5.59. The molecule has 0 saturated carbocycles. The van der Waals surface area contributed by atoms with Crippen LogP contribution in [-0.4, -0.2) is 27.6 Å². The zero-order valence-corrected chi connectivity index (χ0v) is 22.2. The van der Waals surface area contributed by atoms with Gasteiger partial charge in [-0.25, -0.2) is 4.98 Å². The fraction of sp³-hybridized carbons (Fsp3) is 0.0606. The number of rotatable bonds is 7. The first-order valence-electron chi connectivity index (χ1n) is 13.2. The van der Waals surface area contributed by atoms with Crippen LogP contribution in [0, 0.1) is 0 Å². The van der Waals surface area contributed by atoms with Gasteiger partial charge in [0.1, 0.15) is 11.3 Å². The van der Waals surface area contributed by atoms with Crippen LogP contribution in [0.25, 0.3) is 27.5 Å². The largest absolute Gasteiger partial charge is 0.497 e. The first kappa shape index (κ1) is 24.4. The predicted molar refractivity (Wildman–Crippen MR) is 160 cm³/mol. The highest BCUT2D eigenvalue weighted by atomic mass is 16.5. The number of carbonyl (C=O) groups excluding carboxylic acids is 1. The molecule has 1 amide bonds. The number of para-hydroxylation sites is 2. The Bertz CT molecular complexity index is 2030. The molecule has 200 valence electrons. The van der Waals surface area contributed by atoms with Crippen molar-refractivity contribution in [3.8, 4) is 5.75 Å². The third kappa shape index (κ3) is 4.51. The van der Waals surface area contributed by atoms with E-state index in [1.54, 1.807) is 24.0 Å². The topological polar surface area (TPSA) is 84.9 Å². The van der Waals surface area contributed by atoms with Crippen LogP contribution in [0.4, 0.5) is 23.0 Å². The summed E-state index contributed by atoms with van der Waals surface area (Å²) >= 11 is 0. The molecule has 0 unspecified atom stereocenters. The highest BCUT2D eigenvalue weighted by Crippen LogP contribution is 2.41. The fourth-order valence-corrected chi connectivity index (χ4v) is 5.12. The van der Waals surface area contributed by atoms with Crippen molar-refractivity contribution >= 4 is 56.4 Å². The van der Waals surface area contributed by atoms with E-state index in [-0.39, 0.29) is 12.3 Å². The molecule has 0 aliphatic heterocycles. The fourth-order valence-electron chi connectivity index (χ4n) is 5.12. The minimum absolute atomic E-state index is 0.120. The van der Waals surface area contributed by atoms with Crippen LogP contribution in [0.2, 0.25) is 0 Å². The van der Waals surface area contributed by atoms with Gasteiger partial charge in [-0.15, -0.1) is 0 Å². The van der Waals surface area contributed by atoms with Crippen LogP contribution in [0.3, 0.4) is 0 Å². The number of furan rings is 1. The summed E-state index contributed by atoms with van der Waals surface area (Å²) in [5.74, 6) is 1.22. The molecular weight excluding hydrogens is 514 g/mol. The standard InChI is InChI=1S/C33H25N5O3/c1-40-26-14-12-22(13-15-26)20-31(39)36-23-6-4-7-25(21-23)37(33-34-18-16-24-17-19-35-38(24)33)29-10-5-9-28-27-8-2-3-11-30(27)41-32(28)29/h2-19,21H,20H2,1H3,(H,36,39). The van der Waals surface area contributed by atoms with Gasteiger partial charge in [-0.1, -0.05) is 48.5 Å². The summed E-state index contributed by atoms with van der Waals surface area (Å²) in [6.07, 6.45) is 3.75. The lowest BCUT2D eigenvalue weighted by molar-refractivity contribution is -0.115. The molecule has 0 atom stereocenters. The summed E-state index contributed by atoms with van der Waals surface area (Å²) in [5, 5.41) is 9.63. The maximum Gasteiger partial charge on any atom is 0.236 e. The van der Waals surface area contributed by atoms with Crippen molar-refractivity contribution in [2.45, 2.75) is 6.42 Å². The number of methoxy groups -OCH3 is 1. The Kier molecular flexibility index (Phi) is 6.05. The molecule has 4 aromatic carbocycles. The molecule has 3 aromatic heterocycles. The summed E-state index contributed by atoms with van der Waals surface area (Å²) in [4.78, 5) is 19.7. The summed E-state index contributed by atoms with van der Waals surface area (Å²) < 4.78 is 13.4. The molecular formula is C33H25N5O3. The van der Waals surface area contributed by atoms with Gasteiger partial charge < -0.3 is 14.5 Å². The second-order valence-corrected chi connectivity index (χ2v) is 9.62. The Morgan fingerprint density at radius 2 is 1.71 bits per heavy atom. The number of nitrogens with one attached hydrogen (secondary N) is 1. The van der Waals surface area contributed by atoms with E-state index in [0.29, 0.717) is 11.6 Å². The predicted octanol–water partition coefficient (Wildman–Crippen LogP) is 7.29. The maximum absolute atomic E-state index is 13.0. The van der Waals surface area contributed by atoms with Crippen LogP contribution in [0.5, 0.6) is 5.75 Å². The van der Waals surface area contributed by atoms with E-state index in [1.165, 1.54) is 0 Å². The van der Waals surface area contributed by atoms with Crippen LogP contribution in [0.1, 0.15) is 5.56 Å². The number of carbonyl (C=O) groups is 1. The Hall–Kier alpha value is -5.63. The average Bonchev–Trinajstić information content (AvgIpc) is 3.64. The van der Waals surface area contributed by atoms with Crippen molar-refractivity contribution in [2.24, 2.45) is 0 Å². The van der Waals surface area contributed by atoms with Gasteiger partial charge >= 0.3 is 0 Å². The van der Waals surface area contributed by atoms with Crippen molar-refractivity contribution in [3.05, 3.63) is 121 Å². The summed E-state index contributed by atoms with van der Waals surface area (Å²) in [7, 11) is 1.62. The number of anilines is 4. The Labute approximate surface area is 235 Å². The molecule has 8 nitrogen and oxygen atoms in total. The van der Waals surface area contributed by atoms with E-state index < -0.39 is 0 Å². The van der Waals surface area contributed by atoms with Crippen LogP contribution in [0.15, 0.2) is 120 Å². The molecule has 3 heterocycles. The molecule has 0 fully saturated rings. The molecule has 0 aliphatic rings. The third-order valence-corrected chi connectivity index (χ3v) is 7.03. The molecule has 0 aliphatic carbocycles. The highest BCUT2D eigenvalue weighted by Gasteiger charge is 2.23. The molecule has 7 aromatic rings. The van der Waals surface area contributed by atoms with Gasteiger partial charge in [-0.05, 0) is 60.2 Å². The van der Waals surface area contributed by atoms with Gasteiger partial charge in [-0.2, -0.15) is 9.61 Å². The van der Waals surface area contributed by atoms with E-state index in [1.807, 2.05) is 95.9 Å². The van der Waals surface area contributed by atoms with Gasteiger partial charge in [0.05, 0.1) is 36.6 Å². The van der Waals surface area contributed by atoms with Crippen molar-refractivity contribution < 1.29 is 13.9 Å². The zero-order chi connectivity index (χ0) is 27.8. The van der Waals surface area contributed by atoms with E-state index >= 15 is 0 Å². The van der Waals surface area contributed by atoms with Crippen molar-refractivity contribution in [1.82, 2.24) is 14.6 Å². The van der Waals surface area contributed by atoms with Gasteiger partial charge in [0.25, 0.3) is 0 Å². The SMILES string of the molecule is COc1ccc(CC(=O)Nc2cccc(N(c3cccc4c3oc3ccccc34)c3nccc4ccnn34)c2)cc1. The molecule has 0 radical (unpaired) electrons. The molecule has 0 saturated heterocycles. The molecule has 7 rings (SSSR count). The maximum atomic E-state index is 13.0. The smallest absolute Gasteiger partial charge is 0.236 e. The first-order valence-corrected chi connectivity index (χ1v) is 13.2. The summed E-state index contributed by atoms with van der Waals surface area (Å²) in [6.45, 7) is 0. The minimum atomic E-state index is -0.120. The first-order chi connectivity index (χ1) is 20.2. The number of hydrogen-bond donors (Lipinski definition) is 1. The Balaban J connectivity index is 1.31. The minimum Gasteiger partial charge on any atom is -0.497 e. The lowest BCUT2D eigenvalue weighted by atomic mass is 10.1. The van der Waals surface area contributed by atoms with Crippen LogP contribution < -0.4 is 15.0 Å². The Morgan fingerprint density at radius 1 is 0.902 bits per heavy atom. The second kappa shape index (κ2) is 10.2. The number of ether oxygens (including phenoxy) is 1. The van der Waals surface area contributed by atoms with E-state index in [4.69, 9.17) is 14.1 Å². The number of nitrogens with zero attached hydrogens (tertiary/aromatic N) is 4. The molecule has 8 heteroatoms. The quantitative estimate of drug-likeness (QED) is 0.229. The normalized spacial score (nSPS) is 11.2. The number of fused-ring (bicyclic) bond motifs is 4. The molecule has 1 N–H and O–H groups in total. The molecule has 0 bridgehead atoms. The van der Waals surface area contributed by atoms with Crippen LogP contribution >= 0.6 is 0 Å². The van der Waals surface area contributed by atoms with E-state index in [9.17, 15) is 4.79 Å². The number of aromatic nitrogens is 3. The monoisotopic (exact) mass is 539 g/mol. The molecule has 41 heavy (non-hydrogen) atoms. The third-order valence-electron chi connectivity index (χ3n) is 7.03. The van der Waals surface area contributed by atoms with Gasteiger partial charge in [0.15, 0.2) is 5.58 Å². The van der Waals surface area contributed by atoms with E-state index in [0.717, 1.165) is 50.1 Å². The van der Waals surface area contributed by atoms with Crippen molar-refractivity contribution in [1.29, 1.82) is 0 Å². The molecule has 0 spiro atoms. The number of hydrogen-bond acceptors (Lipinski definition) is 6. The van der Waals surface area contributed by atoms with E-state index in [2.05, 4.69) is 22.5 Å². The highest BCUT2D eigenvalue weighted by molar-refractivity contribution is 6.10. The summed E-state index contributed by atoms with van der Waals surface area (Å²) in [6, 6.07) is 33.1. The lowest BCUT2D eigenvalue weighted by Crippen LogP contribution is -2.17. The van der Waals surface area contributed by atoms with Crippen LogP contribution in [-0.2, 0) is 11.2 Å². The number of amides is 1.